The molecule has 116 valence electrons. The van der Waals surface area contributed by atoms with Gasteiger partial charge in [0.1, 0.15) is 0 Å². The maximum atomic E-state index is 12.4. The molecule has 0 aliphatic heterocycles. The van der Waals surface area contributed by atoms with Crippen LogP contribution in [0.4, 0.5) is 0 Å². The first-order valence-electron chi connectivity index (χ1n) is 8.15. The molecular weight excluding hydrogens is 288 g/mol. The topological polar surface area (TPSA) is 43.4 Å². The fraction of sp³-hybridized carbons (Fsp3) is 0.300. The SMILES string of the molecule is O=C(OC(=O)C1CCc2ccccc21)C1CCc2ccccc21. The molecule has 0 radical (unpaired) electrons. The summed E-state index contributed by atoms with van der Waals surface area (Å²) in [6.07, 6.45) is 3.20. The van der Waals surface area contributed by atoms with Crippen LogP contribution < -0.4 is 0 Å². The van der Waals surface area contributed by atoms with E-state index >= 15 is 0 Å². The number of fused-ring (bicyclic) bond motifs is 2. The van der Waals surface area contributed by atoms with Gasteiger partial charge in [0, 0.05) is 0 Å². The molecule has 2 aromatic carbocycles. The number of benzene rings is 2. The summed E-state index contributed by atoms with van der Waals surface area (Å²) < 4.78 is 5.25. The average molecular weight is 306 g/mol. The molecule has 0 N–H and O–H groups in total. The summed E-state index contributed by atoms with van der Waals surface area (Å²) in [4.78, 5) is 24.9. The van der Waals surface area contributed by atoms with Gasteiger partial charge in [-0.25, -0.2) is 0 Å². The fourth-order valence-corrected chi connectivity index (χ4v) is 3.85. The highest BCUT2D eigenvalue weighted by molar-refractivity contribution is 5.93. The molecule has 0 saturated carbocycles. The fourth-order valence-electron chi connectivity index (χ4n) is 3.85. The van der Waals surface area contributed by atoms with Gasteiger partial charge in [-0.3, -0.25) is 9.59 Å². The van der Waals surface area contributed by atoms with Crippen LogP contribution in [0.3, 0.4) is 0 Å². The monoisotopic (exact) mass is 306 g/mol. The minimum absolute atomic E-state index is 0.299. The molecule has 0 saturated heterocycles. The summed E-state index contributed by atoms with van der Waals surface area (Å²) in [5.74, 6) is -1.40. The van der Waals surface area contributed by atoms with E-state index in [-0.39, 0.29) is 11.8 Å². The van der Waals surface area contributed by atoms with Gasteiger partial charge in [-0.05, 0) is 47.9 Å². The minimum atomic E-state index is -0.399. The standard InChI is InChI=1S/C20H18O3/c21-19(17-11-9-13-5-1-3-7-15(13)17)23-20(22)18-12-10-14-6-2-4-8-16(14)18/h1-8,17-18H,9-12H2. The van der Waals surface area contributed by atoms with E-state index in [1.807, 2.05) is 48.5 Å². The number of carbonyl (C=O) groups is 2. The summed E-state index contributed by atoms with van der Waals surface area (Å²) in [6, 6.07) is 15.8. The average Bonchev–Trinajstić information content (AvgIpc) is 3.19. The lowest BCUT2D eigenvalue weighted by atomic mass is 10.0. The number of carbonyl (C=O) groups excluding carboxylic acids is 2. The third-order valence-electron chi connectivity index (χ3n) is 5.04. The lowest BCUT2D eigenvalue weighted by Crippen LogP contribution is -2.22. The Labute approximate surface area is 135 Å². The Morgan fingerprint density at radius 1 is 0.739 bits per heavy atom. The zero-order chi connectivity index (χ0) is 15.8. The molecule has 4 rings (SSSR count). The van der Waals surface area contributed by atoms with Crippen molar-refractivity contribution in [3.05, 3.63) is 70.8 Å². The third-order valence-corrected chi connectivity index (χ3v) is 5.04. The molecule has 0 amide bonds. The van der Waals surface area contributed by atoms with Gasteiger partial charge in [-0.15, -0.1) is 0 Å². The maximum absolute atomic E-state index is 12.4. The summed E-state index contributed by atoms with van der Waals surface area (Å²) in [5.41, 5.74) is 4.40. The summed E-state index contributed by atoms with van der Waals surface area (Å²) in [7, 11) is 0. The van der Waals surface area contributed by atoms with E-state index in [4.69, 9.17) is 4.74 Å². The number of hydrogen-bond acceptors (Lipinski definition) is 3. The zero-order valence-electron chi connectivity index (χ0n) is 12.8. The smallest absolute Gasteiger partial charge is 0.321 e. The molecule has 2 unspecified atom stereocenters. The first-order valence-corrected chi connectivity index (χ1v) is 8.15. The Morgan fingerprint density at radius 2 is 1.17 bits per heavy atom. The van der Waals surface area contributed by atoms with E-state index in [2.05, 4.69) is 0 Å². The molecule has 0 bridgehead atoms. The van der Waals surface area contributed by atoms with Crippen molar-refractivity contribution in [3.8, 4) is 0 Å². The van der Waals surface area contributed by atoms with Crippen LogP contribution in [0.25, 0.3) is 0 Å². The van der Waals surface area contributed by atoms with E-state index in [0.717, 1.165) is 36.8 Å². The van der Waals surface area contributed by atoms with Crippen LogP contribution >= 0.6 is 0 Å². The predicted molar refractivity (Wildman–Crippen MR) is 86.1 cm³/mol. The molecule has 2 atom stereocenters. The molecule has 0 spiro atoms. The van der Waals surface area contributed by atoms with Gasteiger partial charge < -0.3 is 4.74 Å². The van der Waals surface area contributed by atoms with Crippen molar-refractivity contribution in [2.75, 3.05) is 0 Å². The van der Waals surface area contributed by atoms with Crippen LogP contribution in [-0.4, -0.2) is 11.9 Å². The molecule has 0 heterocycles. The number of aryl methyl sites for hydroxylation is 2. The molecule has 3 nitrogen and oxygen atoms in total. The van der Waals surface area contributed by atoms with Crippen LogP contribution in [0.2, 0.25) is 0 Å². The minimum Gasteiger partial charge on any atom is -0.392 e. The molecule has 2 aliphatic rings. The number of rotatable bonds is 2. The van der Waals surface area contributed by atoms with Crippen LogP contribution in [-0.2, 0) is 27.2 Å². The number of ether oxygens (including phenoxy) is 1. The molecule has 0 aromatic heterocycles. The third kappa shape index (κ3) is 2.46. The van der Waals surface area contributed by atoms with E-state index in [1.165, 1.54) is 11.1 Å². The van der Waals surface area contributed by atoms with E-state index in [0.29, 0.717) is 0 Å². The van der Waals surface area contributed by atoms with Crippen molar-refractivity contribution in [1.82, 2.24) is 0 Å². The van der Waals surface area contributed by atoms with Crippen molar-refractivity contribution in [2.45, 2.75) is 37.5 Å². The normalized spacial score (nSPS) is 21.6. The summed E-state index contributed by atoms with van der Waals surface area (Å²) in [6.45, 7) is 0. The number of hydrogen-bond donors (Lipinski definition) is 0. The van der Waals surface area contributed by atoms with Gasteiger partial charge >= 0.3 is 11.9 Å². The Bertz CT molecular complexity index is 712. The Morgan fingerprint density at radius 3 is 1.65 bits per heavy atom. The van der Waals surface area contributed by atoms with Crippen LogP contribution in [0.5, 0.6) is 0 Å². The molecule has 2 aliphatic carbocycles. The van der Waals surface area contributed by atoms with Crippen molar-refractivity contribution in [2.24, 2.45) is 0 Å². The van der Waals surface area contributed by atoms with Gasteiger partial charge in [-0.1, -0.05) is 48.5 Å². The van der Waals surface area contributed by atoms with Gasteiger partial charge in [-0.2, -0.15) is 0 Å². The first-order chi connectivity index (χ1) is 11.2. The van der Waals surface area contributed by atoms with Crippen LogP contribution in [0.1, 0.15) is 46.9 Å². The Hall–Kier alpha value is -2.42. The van der Waals surface area contributed by atoms with Crippen molar-refractivity contribution in [1.29, 1.82) is 0 Å². The highest BCUT2D eigenvalue weighted by Gasteiger charge is 2.35. The molecule has 23 heavy (non-hydrogen) atoms. The van der Waals surface area contributed by atoms with Gasteiger partial charge in [0.15, 0.2) is 0 Å². The Balaban J connectivity index is 1.49. The molecule has 0 fully saturated rings. The highest BCUT2D eigenvalue weighted by atomic mass is 16.6. The van der Waals surface area contributed by atoms with E-state index < -0.39 is 11.9 Å². The lowest BCUT2D eigenvalue weighted by molar-refractivity contribution is -0.161. The highest BCUT2D eigenvalue weighted by Crippen LogP contribution is 2.36. The maximum Gasteiger partial charge on any atom is 0.321 e. The predicted octanol–water partition coefficient (Wildman–Crippen LogP) is 3.52. The first kappa shape index (κ1) is 14.2. The molecule has 3 heteroatoms. The van der Waals surface area contributed by atoms with Crippen LogP contribution in [0, 0.1) is 0 Å². The Kier molecular flexibility index (Phi) is 3.49. The lowest BCUT2D eigenvalue weighted by Gasteiger charge is -2.14. The van der Waals surface area contributed by atoms with Gasteiger partial charge in [0.05, 0.1) is 11.8 Å². The van der Waals surface area contributed by atoms with Gasteiger partial charge in [0.25, 0.3) is 0 Å². The van der Waals surface area contributed by atoms with Crippen molar-refractivity contribution < 1.29 is 14.3 Å². The molecule has 2 aromatic rings. The van der Waals surface area contributed by atoms with E-state index in [9.17, 15) is 9.59 Å². The van der Waals surface area contributed by atoms with Crippen LogP contribution in [0.15, 0.2) is 48.5 Å². The zero-order valence-corrected chi connectivity index (χ0v) is 12.8. The van der Waals surface area contributed by atoms with Crippen molar-refractivity contribution >= 4 is 11.9 Å². The second kappa shape index (κ2) is 5.65. The second-order valence-electron chi connectivity index (χ2n) is 6.32. The van der Waals surface area contributed by atoms with Crippen molar-refractivity contribution in [3.63, 3.8) is 0 Å². The number of esters is 2. The molecular formula is C20H18O3. The second-order valence-corrected chi connectivity index (χ2v) is 6.32. The van der Waals surface area contributed by atoms with E-state index in [1.54, 1.807) is 0 Å². The largest absolute Gasteiger partial charge is 0.392 e. The van der Waals surface area contributed by atoms with Gasteiger partial charge in [0.2, 0.25) is 0 Å². The quantitative estimate of drug-likeness (QED) is 0.630. The summed E-state index contributed by atoms with van der Waals surface area (Å²) >= 11 is 0. The summed E-state index contributed by atoms with van der Waals surface area (Å²) in [5, 5.41) is 0.